The van der Waals surface area contributed by atoms with Crippen molar-refractivity contribution in [1.29, 1.82) is 0 Å². The Morgan fingerprint density at radius 1 is 0.800 bits per heavy atom. The van der Waals surface area contributed by atoms with Crippen LogP contribution in [-0.4, -0.2) is 40.0 Å². The second-order valence-electron chi connectivity index (χ2n) is 4.99. The lowest BCUT2D eigenvalue weighted by Crippen LogP contribution is -2.23. The minimum absolute atomic E-state index is 0.249. The Morgan fingerprint density at radius 2 is 1.44 bits per heavy atom. The second kappa shape index (κ2) is 6.69. The number of thioether (sulfide) groups is 1. The Hall–Kier alpha value is -3.27. The molecular formula is C15H12N8OS. The molecule has 0 aliphatic carbocycles. The van der Waals surface area contributed by atoms with Crippen molar-refractivity contribution in [3.63, 3.8) is 0 Å². The number of nitrogens with zero attached hydrogens (tertiary/aromatic N) is 8. The van der Waals surface area contributed by atoms with Crippen LogP contribution in [-0.2, 0) is 5.88 Å². The Bertz CT molecular complexity index is 1020. The van der Waals surface area contributed by atoms with Crippen LogP contribution < -0.4 is 5.69 Å². The molecule has 0 spiro atoms. The van der Waals surface area contributed by atoms with Gasteiger partial charge in [-0.15, -0.1) is 5.10 Å². The number of aromatic nitrogens is 8. The van der Waals surface area contributed by atoms with Gasteiger partial charge in [0.25, 0.3) is 0 Å². The summed E-state index contributed by atoms with van der Waals surface area (Å²) in [6.07, 6.45) is 0. The van der Waals surface area contributed by atoms with Crippen LogP contribution in [0.2, 0.25) is 0 Å². The third-order valence-corrected chi connectivity index (χ3v) is 4.28. The fraction of sp³-hybridized carbons (Fsp3) is 0.0667. The highest BCUT2D eigenvalue weighted by atomic mass is 32.2. The van der Waals surface area contributed by atoms with Crippen LogP contribution in [0.4, 0.5) is 0 Å². The van der Waals surface area contributed by atoms with Gasteiger partial charge in [0.1, 0.15) is 5.88 Å². The summed E-state index contributed by atoms with van der Waals surface area (Å²) in [6, 6.07) is 18.7. The van der Waals surface area contributed by atoms with Gasteiger partial charge in [0.2, 0.25) is 5.16 Å². The second-order valence-corrected chi connectivity index (χ2v) is 5.90. The summed E-state index contributed by atoms with van der Waals surface area (Å²) in [5.74, 6) is 0.249. The summed E-state index contributed by atoms with van der Waals surface area (Å²) >= 11 is 1.30. The molecule has 0 aliphatic rings. The van der Waals surface area contributed by atoms with Crippen LogP contribution >= 0.6 is 11.8 Å². The van der Waals surface area contributed by atoms with Crippen molar-refractivity contribution >= 4 is 11.8 Å². The van der Waals surface area contributed by atoms with E-state index in [0.29, 0.717) is 10.8 Å². The molecule has 0 atom stereocenters. The molecule has 2 aromatic heterocycles. The van der Waals surface area contributed by atoms with E-state index in [1.54, 1.807) is 16.8 Å². The summed E-state index contributed by atoms with van der Waals surface area (Å²) < 4.78 is 4.12. The van der Waals surface area contributed by atoms with Gasteiger partial charge in [-0.25, -0.2) is 4.79 Å². The third kappa shape index (κ3) is 3.06. The highest BCUT2D eigenvalue weighted by molar-refractivity contribution is 7.98. The van der Waals surface area contributed by atoms with Gasteiger partial charge >= 0.3 is 5.69 Å². The molecule has 4 aromatic rings. The highest BCUT2D eigenvalue weighted by Gasteiger charge is 2.12. The van der Waals surface area contributed by atoms with Gasteiger partial charge < -0.3 is 0 Å². The van der Waals surface area contributed by atoms with Crippen LogP contribution in [0.3, 0.4) is 0 Å². The lowest BCUT2D eigenvalue weighted by atomic mass is 10.3. The van der Waals surface area contributed by atoms with E-state index in [1.165, 1.54) is 21.1 Å². The standard InChI is InChI=1S/C15H12N8OS/c24-15-21(19-20-23(15)13-9-5-2-6-10-13)11-25-14-16-17-18-22(14)12-7-3-1-4-8-12/h1-10H,11H2. The van der Waals surface area contributed by atoms with Crippen molar-refractivity contribution in [2.24, 2.45) is 0 Å². The minimum Gasteiger partial charge on any atom is -0.244 e. The number of hydrogen-bond donors (Lipinski definition) is 0. The Kier molecular flexibility index (Phi) is 4.09. The normalized spacial score (nSPS) is 10.9. The van der Waals surface area contributed by atoms with Gasteiger partial charge in [-0.3, -0.25) is 0 Å². The van der Waals surface area contributed by atoms with E-state index >= 15 is 0 Å². The van der Waals surface area contributed by atoms with E-state index < -0.39 is 0 Å². The molecule has 0 amide bonds. The molecule has 0 fully saturated rings. The number of benzene rings is 2. The lowest BCUT2D eigenvalue weighted by molar-refractivity contribution is 0.676. The molecule has 0 bridgehead atoms. The first kappa shape index (κ1) is 15.3. The molecule has 0 unspecified atom stereocenters. The quantitative estimate of drug-likeness (QED) is 0.497. The molecule has 0 N–H and O–H groups in total. The van der Waals surface area contributed by atoms with E-state index in [-0.39, 0.29) is 11.6 Å². The van der Waals surface area contributed by atoms with Crippen molar-refractivity contribution in [1.82, 2.24) is 40.0 Å². The highest BCUT2D eigenvalue weighted by Crippen LogP contribution is 2.18. The number of hydrogen-bond acceptors (Lipinski definition) is 7. The first-order chi connectivity index (χ1) is 12.3. The molecule has 25 heavy (non-hydrogen) atoms. The molecular weight excluding hydrogens is 340 g/mol. The van der Waals surface area contributed by atoms with Crippen molar-refractivity contribution in [2.45, 2.75) is 11.0 Å². The van der Waals surface area contributed by atoms with Crippen molar-refractivity contribution in [3.8, 4) is 11.4 Å². The first-order valence-electron chi connectivity index (χ1n) is 7.38. The summed E-state index contributed by atoms with van der Waals surface area (Å²) in [4.78, 5) is 12.4. The fourth-order valence-electron chi connectivity index (χ4n) is 2.21. The zero-order valence-corrected chi connectivity index (χ0v) is 13.7. The van der Waals surface area contributed by atoms with Crippen molar-refractivity contribution in [2.75, 3.05) is 0 Å². The summed E-state index contributed by atoms with van der Waals surface area (Å²) in [5.41, 5.74) is 1.19. The molecule has 0 radical (unpaired) electrons. The molecule has 2 aromatic carbocycles. The van der Waals surface area contributed by atoms with Crippen molar-refractivity contribution < 1.29 is 0 Å². The predicted molar refractivity (Wildman–Crippen MR) is 90.6 cm³/mol. The van der Waals surface area contributed by atoms with Gasteiger partial charge in [-0.05, 0) is 45.1 Å². The third-order valence-electron chi connectivity index (χ3n) is 3.40. The zero-order chi connectivity index (χ0) is 17.1. The minimum atomic E-state index is -0.322. The topological polar surface area (TPSA) is 96.3 Å². The molecule has 0 aliphatic heterocycles. The van der Waals surface area contributed by atoms with Crippen LogP contribution in [0.15, 0.2) is 70.6 Å². The summed E-state index contributed by atoms with van der Waals surface area (Å²) in [6.45, 7) is 0. The zero-order valence-electron chi connectivity index (χ0n) is 12.9. The average Bonchev–Trinajstić information content (AvgIpc) is 3.28. The maximum Gasteiger partial charge on any atom is 0.369 e. The Labute approximate surface area is 145 Å². The first-order valence-corrected chi connectivity index (χ1v) is 8.36. The van der Waals surface area contributed by atoms with Crippen LogP contribution in [0.5, 0.6) is 0 Å². The number of rotatable bonds is 5. The maximum absolute atomic E-state index is 12.4. The van der Waals surface area contributed by atoms with Gasteiger partial charge in [0, 0.05) is 0 Å². The lowest BCUT2D eigenvalue weighted by Gasteiger charge is -2.03. The van der Waals surface area contributed by atoms with E-state index in [1.807, 2.05) is 48.5 Å². The van der Waals surface area contributed by atoms with Crippen LogP contribution in [0, 0.1) is 0 Å². The van der Waals surface area contributed by atoms with Gasteiger partial charge in [-0.1, -0.05) is 48.2 Å². The molecule has 9 nitrogen and oxygen atoms in total. The molecule has 124 valence electrons. The van der Waals surface area contributed by atoms with Crippen molar-refractivity contribution in [3.05, 3.63) is 71.1 Å². The SMILES string of the molecule is O=c1n(CSc2nnnn2-c2ccccc2)nnn1-c1ccccc1. The molecule has 0 saturated heterocycles. The van der Waals surface area contributed by atoms with E-state index in [2.05, 4.69) is 26.0 Å². The molecule has 4 rings (SSSR count). The Balaban J connectivity index is 1.55. The molecule has 0 saturated carbocycles. The van der Waals surface area contributed by atoms with E-state index in [0.717, 1.165) is 5.69 Å². The Morgan fingerprint density at radius 3 is 2.12 bits per heavy atom. The summed E-state index contributed by atoms with van der Waals surface area (Å²) in [5, 5.41) is 20.1. The average molecular weight is 352 g/mol. The van der Waals surface area contributed by atoms with Gasteiger partial charge in [-0.2, -0.15) is 14.0 Å². The molecule has 10 heteroatoms. The van der Waals surface area contributed by atoms with Crippen LogP contribution in [0.1, 0.15) is 0 Å². The van der Waals surface area contributed by atoms with E-state index in [4.69, 9.17) is 0 Å². The predicted octanol–water partition coefficient (Wildman–Crippen LogP) is 1.15. The summed E-state index contributed by atoms with van der Waals surface area (Å²) in [7, 11) is 0. The smallest absolute Gasteiger partial charge is 0.244 e. The largest absolute Gasteiger partial charge is 0.369 e. The molecule has 2 heterocycles. The number of tetrazole rings is 2. The van der Waals surface area contributed by atoms with Crippen LogP contribution in [0.25, 0.3) is 11.4 Å². The monoisotopic (exact) mass is 352 g/mol. The van der Waals surface area contributed by atoms with Gasteiger partial charge in [0.05, 0.1) is 11.4 Å². The van der Waals surface area contributed by atoms with Gasteiger partial charge in [0.15, 0.2) is 0 Å². The number of para-hydroxylation sites is 2. The van der Waals surface area contributed by atoms with E-state index in [9.17, 15) is 4.79 Å². The fourth-order valence-corrected chi connectivity index (χ4v) is 2.96. The maximum atomic E-state index is 12.4.